The molecule has 0 bridgehead atoms. The number of hydrogen-bond acceptors (Lipinski definition) is 3. The zero-order valence-electron chi connectivity index (χ0n) is 8.56. The van der Waals surface area contributed by atoms with Gasteiger partial charge in [-0.25, -0.2) is 0 Å². The van der Waals surface area contributed by atoms with Gasteiger partial charge in [-0.05, 0) is 43.2 Å². The monoisotopic (exact) mass is 205 g/mol. The number of carbonyl (C=O) groups is 1. The summed E-state index contributed by atoms with van der Waals surface area (Å²) in [5.74, 6) is -0.0362. The molecule has 0 fully saturated rings. The molecule has 78 valence electrons. The number of nitro groups is 1. The van der Waals surface area contributed by atoms with Gasteiger partial charge in [-0.15, -0.1) is 0 Å². The molecule has 0 spiro atoms. The van der Waals surface area contributed by atoms with E-state index >= 15 is 0 Å². The fourth-order valence-corrected chi connectivity index (χ4v) is 1.23. The molecular formula is C11H11NO3. The molecule has 15 heavy (non-hydrogen) atoms. The summed E-state index contributed by atoms with van der Waals surface area (Å²) in [6.45, 7) is 3.26. The highest BCUT2D eigenvalue weighted by Crippen LogP contribution is 2.18. The topological polar surface area (TPSA) is 60.2 Å². The molecule has 0 heterocycles. The van der Waals surface area contributed by atoms with Crippen LogP contribution in [-0.2, 0) is 4.79 Å². The van der Waals surface area contributed by atoms with Crippen LogP contribution in [-0.4, -0.2) is 10.7 Å². The Balaban J connectivity index is 2.99. The minimum absolute atomic E-state index is 0.0362. The molecule has 4 nitrogen and oxygen atoms in total. The summed E-state index contributed by atoms with van der Waals surface area (Å²) in [6, 6.07) is 6.11. The van der Waals surface area contributed by atoms with Crippen LogP contribution in [0.2, 0.25) is 0 Å². The van der Waals surface area contributed by atoms with Gasteiger partial charge in [0, 0.05) is 12.1 Å². The second-order valence-corrected chi connectivity index (χ2v) is 3.24. The maximum atomic E-state index is 10.8. The Hall–Kier alpha value is -1.97. The normalized spacial score (nSPS) is 11.2. The molecule has 1 rings (SSSR count). The third kappa shape index (κ3) is 3.02. The predicted octanol–water partition coefficient (Wildman–Crippen LogP) is 2.59. The molecule has 0 amide bonds. The molecule has 0 aliphatic heterocycles. The van der Waals surface area contributed by atoms with Gasteiger partial charge in [-0.3, -0.25) is 14.9 Å². The fourth-order valence-electron chi connectivity index (χ4n) is 1.23. The van der Waals surface area contributed by atoms with E-state index in [-0.39, 0.29) is 11.5 Å². The first-order valence-electron chi connectivity index (χ1n) is 4.44. The van der Waals surface area contributed by atoms with Crippen LogP contribution in [0.25, 0.3) is 5.57 Å². The van der Waals surface area contributed by atoms with Crippen LogP contribution in [0.5, 0.6) is 0 Å². The van der Waals surface area contributed by atoms with Crippen molar-refractivity contribution < 1.29 is 9.72 Å². The van der Waals surface area contributed by atoms with Crippen LogP contribution in [0.4, 0.5) is 5.69 Å². The molecule has 0 radical (unpaired) electrons. The first-order chi connectivity index (χ1) is 7.00. The van der Waals surface area contributed by atoms with Gasteiger partial charge in [-0.1, -0.05) is 0 Å². The van der Waals surface area contributed by atoms with Crippen molar-refractivity contribution in [3.05, 3.63) is 46.0 Å². The van der Waals surface area contributed by atoms with Crippen molar-refractivity contribution in [1.82, 2.24) is 0 Å². The second kappa shape index (κ2) is 4.50. The molecule has 1 aromatic carbocycles. The highest BCUT2D eigenvalue weighted by Gasteiger charge is 2.04. The average Bonchev–Trinajstić information content (AvgIpc) is 2.17. The summed E-state index contributed by atoms with van der Waals surface area (Å²) in [7, 11) is 0. The smallest absolute Gasteiger partial charge is 0.269 e. The Morgan fingerprint density at radius 1 is 1.27 bits per heavy atom. The first-order valence-corrected chi connectivity index (χ1v) is 4.44. The van der Waals surface area contributed by atoms with Gasteiger partial charge < -0.3 is 0 Å². The number of hydrogen-bond donors (Lipinski definition) is 0. The Bertz CT molecular complexity index is 418. The Morgan fingerprint density at radius 3 is 2.20 bits per heavy atom. The number of benzene rings is 1. The molecule has 1 aromatic rings. The zero-order valence-corrected chi connectivity index (χ0v) is 8.56. The molecule has 0 unspecified atom stereocenters. The maximum Gasteiger partial charge on any atom is 0.269 e. The van der Waals surface area contributed by atoms with Gasteiger partial charge in [0.15, 0.2) is 5.78 Å². The molecule has 0 aromatic heterocycles. The van der Waals surface area contributed by atoms with Gasteiger partial charge in [0.25, 0.3) is 5.69 Å². The lowest BCUT2D eigenvalue weighted by Crippen LogP contribution is -1.89. The zero-order chi connectivity index (χ0) is 11.4. The van der Waals surface area contributed by atoms with Gasteiger partial charge in [0.05, 0.1) is 4.92 Å². The van der Waals surface area contributed by atoms with Crippen molar-refractivity contribution >= 4 is 17.0 Å². The Labute approximate surface area is 87.4 Å². The van der Waals surface area contributed by atoms with Crippen LogP contribution in [0.1, 0.15) is 19.4 Å². The third-order valence-corrected chi connectivity index (χ3v) is 1.95. The summed E-state index contributed by atoms with van der Waals surface area (Å²) in [6.07, 6.45) is 1.50. The van der Waals surface area contributed by atoms with Crippen molar-refractivity contribution in [2.24, 2.45) is 0 Å². The van der Waals surface area contributed by atoms with E-state index in [1.165, 1.54) is 25.1 Å². The number of rotatable bonds is 3. The third-order valence-electron chi connectivity index (χ3n) is 1.95. The van der Waals surface area contributed by atoms with Crippen molar-refractivity contribution in [2.45, 2.75) is 13.8 Å². The summed E-state index contributed by atoms with van der Waals surface area (Å²) in [5.41, 5.74) is 1.67. The minimum Gasteiger partial charge on any atom is -0.295 e. The van der Waals surface area contributed by atoms with E-state index in [1.807, 2.05) is 0 Å². The van der Waals surface area contributed by atoms with E-state index < -0.39 is 4.92 Å². The van der Waals surface area contributed by atoms with Gasteiger partial charge in [0.2, 0.25) is 0 Å². The maximum absolute atomic E-state index is 10.8. The van der Waals surface area contributed by atoms with Gasteiger partial charge in [-0.2, -0.15) is 0 Å². The summed E-state index contributed by atoms with van der Waals surface area (Å²) in [5, 5.41) is 10.4. The molecule has 0 atom stereocenters. The molecule has 0 saturated carbocycles. The minimum atomic E-state index is -0.451. The summed E-state index contributed by atoms with van der Waals surface area (Å²) >= 11 is 0. The van der Waals surface area contributed by atoms with Crippen LogP contribution >= 0.6 is 0 Å². The lowest BCUT2D eigenvalue weighted by Gasteiger charge is -1.99. The largest absolute Gasteiger partial charge is 0.295 e. The van der Waals surface area contributed by atoms with Crippen molar-refractivity contribution in [3.8, 4) is 0 Å². The average molecular weight is 205 g/mol. The van der Waals surface area contributed by atoms with E-state index in [0.29, 0.717) is 0 Å². The van der Waals surface area contributed by atoms with Crippen LogP contribution in [0.3, 0.4) is 0 Å². The van der Waals surface area contributed by atoms with Crippen LogP contribution < -0.4 is 0 Å². The molecular weight excluding hydrogens is 194 g/mol. The SMILES string of the molecule is CC(=O)/C=C(\C)c1ccc([N+](=O)[O-])cc1. The van der Waals surface area contributed by atoms with E-state index in [9.17, 15) is 14.9 Å². The Kier molecular flexibility index (Phi) is 3.33. The number of nitro benzene ring substituents is 1. The van der Waals surface area contributed by atoms with E-state index in [1.54, 1.807) is 19.1 Å². The lowest BCUT2D eigenvalue weighted by molar-refractivity contribution is -0.384. The van der Waals surface area contributed by atoms with Crippen molar-refractivity contribution in [3.63, 3.8) is 0 Å². The number of allylic oxidation sites excluding steroid dienone is 2. The van der Waals surface area contributed by atoms with Crippen molar-refractivity contribution in [1.29, 1.82) is 0 Å². The lowest BCUT2D eigenvalue weighted by atomic mass is 10.1. The predicted molar refractivity (Wildman–Crippen MR) is 57.4 cm³/mol. The highest BCUT2D eigenvalue weighted by molar-refractivity contribution is 5.94. The quantitative estimate of drug-likeness (QED) is 0.433. The molecule has 4 heteroatoms. The number of carbonyl (C=O) groups excluding carboxylic acids is 1. The fraction of sp³-hybridized carbons (Fsp3) is 0.182. The van der Waals surface area contributed by atoms with E-state index in [2.05, 4.69) is 0 Å². The summed E-state index contributed by atoms with van der Waals surface area (Å²) < 4.78 is 0. The molecule has 0 N–H and O–H groups in total. The van der Waals surface area contributed by atoms with Crippen LogP contribution in [0.15, 0.2) is 30.3 Å². The van der Waals surface area contributed by atoms with E-state index in [4.69, 9.17) is 0 Å². The van der Waals surface area contributed by atoms with Crippen LogP contribution in [0, 0.1) is 10.1 Å². The van der Waals surface area contributed by atoms with E-state index in [0.717, 1.165) is 11.1 Å². The second-order valence-electron chi connectivity index (χ2n) is 3.24. The number of nitrogens with zero attached hydrogens (tertiary/aromatic N) is 1. The van der Waals surface area contributed by atoms with Gasteiger partial charge >= 0.3 is 0 Å². The Morgan fingerprint density at radius 2 is 1.80 bits per heavy atom. The first kappa shape index (κ1) is 11.1. The summed E-state index contributed by atoms with van der Waals surface area (Å²) in [4.78, 5) is 20.8. The standard InChI is InChI=1S/C11H11NO3/c1-8(7-9(2)13)10-3-5-11(6-4-10)12(14)15/h3-7H,1-2H3/b8-7+. The number of ketones is 1. The van der Waals surface area contributed by atoms with Crippen molar-refractivity contribution in [2.75, 3.05) is 0 Å². The molecule has 0 saturated heterocycles. The molecule has 0 aliphatic carbocycles. The molecule has 0 aliphatic rings. The number of non-ortho nitro benzene ring substituents is 1. The highest BCUT2D eigenvalue weighted by atomic mass is 16.6. The van der Waals surface area contributed by atoms with Gasteiger partial charge in [0.1, 0.15) is 0 Å².